The molecule has 0 aliphatic rings. The van der Waals surface area contributed by atoms with Crippen molar-refractivity contribution < 1.29 is 9.90 Å². The minimum absolute atomic E-state index is 0.316. The first-order chi connectivity index (χ1) is 3.27. The van der Waals surface area contributed by atoms with Gasteiger partial charge in [-0.2, -0.15) is 0 Å². The Hall–Kier alpha value is -0.465. The highest BCUT2D eigenvalue weighted by Gasteiger charge is 1.93. The molecule has 1 N–H and O–H groups in total. The van der Waals surface area contributed by atoms with E-state index in [1.165, 1.54) is 0 Å². The zero-order chi connectivity index (χ0) is 5.70. The first-order valence-electron chi connectivity index (χ1n) is 2.49. The molecule has 2 nitrogen and oxygen atoms in total. The number of carboxylic acids is 1. The third-order valence-electron chi connectivity index (χ3n) is 0.744. The zero-order valence-corrected chi connectivity index (χ0v) is 4.48. The highest BCUT2D eigenvalue weighted by Crippen LogP contribution is 1.81. The first-order valence-corrected chi connectivity index (χ1v) is 2.49. The van der Waals surface area contributed by atoms with Crippen LogP contribution < -0.4 is 0 Å². The number of aliphatic carboxylic acids is 1. The molecule has 0 saturated heterocycles. The van der Waals surface area contributed by atoms with Crippen molar-refractivity contribution in [3.63, 3.8) is 0 Å². The van der Waals surface area contributed by atoms with Crippen molar-refractivity contribution in [3.05, 3.63) is 0 Å². The van der Waals surface area contributed by atoms with Crippen LogP contribution in [0.2, 0.25) is 12.6 Å². The van der Waals surface area contributed by atoms with Gasteiger partial charge >= 0.3 is 0 Å². The number of hydrogen-bond acceptors (Lipinski definition) is 1. The molecule has 0 saturated carbocycles. The van der Waals surface area contributed by atoms with E-state index in [2.05, 4.69) is 0 Å². The van der Waals surface area contributed by atoms with E-state index in [0.717, 1.165) is 13.6 Å². The van der Waals surface area contributed by atoms with Crippen LogP contribution in [-0.4, -0.2) is 18.4 Å². The van der Waals surface area contributed by atoms with Crippen LogP contribution in [0.25, 0.3) is 0 Å². The Bertz CT molecular complexity index is 62.7. The summed E-state index contributed by atoms with van der Waals surface area (Å²) in [6, 6.07) is 0. The molecule has 0 unspecified atom stereocenters. The standard InChI is InChI=1S/C4H9BO2/c1-2-5-3-4(6)7/h5H,2-3H2,1H3,(H,6,7). The van der Waals surface area contributed by atoms with Crippen molar-refractivity contribution in [2.24, 2.45) is 0 Å². The minimum Gasteiger partial charge on any atom is -0.482 e. The molecule has 0 aromatic rings. The highest BCUT2D eigenvalue weighted by molar-refractivity contribution is 6.40. The van der Waals surface area contributed by atoms with Gasteiger partial charge in [-0.3, -0.25) is 4.79 Å². The van der Waals surface area contributed by atoms with Gasteiger partial charge < -0.3 is 5.11 Å². The summed E-state index contributed by atoms with van der Waals surface area (Å²) in [5.74, 6) is -0.693. The third kappa shape index (κ3) is 5.53. The first kappa shape index (κ1) is 6.53. The van der Waals surface area contributed by atoms with Gasteiger partial charge in [0.1, 0.15) is 7.28 Å². The Morgan fingerprint density at radius 1 is 1.86 bits per heavy atom. The highest BCUT2D eigenvalue weighted by atomic mass is 16.4. The van der Waals surface area contributed by atoms with Gasteiger partial charge in [0.05, 0.1) is 0 Å². The summed E-state index contributed by atoms with van der Waals surface area (Å²) >= 11 is 0. The van der Waals surface area contributed by atoms with E-state index in [-0.39, 0.29) is 0 Å². The summed E-state index contributed by atoms with van der Waals surface area (Å²) in [5, 5.41) is 8.04. The molecule has 0 atom stereocenters. The molecule has 0 bridgehead atoms. The van der Waals surface area contributed by atoms with Crippen LogP contribution in [0.5, 0.6) is 0 Å². The third-order valence-corrected chi connectivity index (χ3v) is 0.744. The quantitative estimate of drug-likeness (QED) is 0.520. The maximum Gasteiger partial charge on any atom is 0.295 e. The maximum atomic E-state index is 9.76. The van der Waals surface area contributed by atoms with E-state index >= 15 is 0 Å². The Morgan fingerprint density at radius 3 is 2.57 bits per heavy atom. The van der Waals surface area contributed by atoms with Crippen molar-refractivity contribution >= 4 is 13.2 Å². The Balaban J connectivity index is 2.82. The largest absolute Gasteiger partial charge is 0.482 e. The van der Waals surface area contributed by atoms with E-state index in [4.69, 9.17) is 5.11 Å². The van der Waals surface area contributed by atoms with Gasteiger partial charge in [-0.25, -0.2) is 0 Å². The lowest BCUT2D eigenvalue weighted by Crippen LogP contribution is -1.98. The SMILES string of the molecule is CCBCC(=O)O. The summed E-state index contributed by atoms with van der Waals surface area (Å²) in [6.07, 6.45) is 1.28. The molecule has 7 heavy (non-hydrogen) atoms. The van der Waals surface area contributed by atoms with E-state index < -0.39 is 5.97 Å². The summed E-state index contributed by atoms with van der Waals surface area (Å²) in [7, 11) is 0.801. The zero-order valence-electron chi connectivity index (χ0n) is 4.48. The fourth-order valence-corrected chi connectivity index (χ4v) is 0.328. The Kier molecular flexibility index (Phi) is 3.47. The van der Waals surface area contributed by atoms with Crippen molar-refractivity contribution in [1.29, 1.82) is 0 Å². The van der Waals surface area contributed by atoms with Gasteiger partial charge in [-0.05, 0) is 0 Å². The number of carboxylic acid groups (broad SMARTS) is 1. The molecule has 0 fully saturated rings. The van der Waals surface area contributed by atoms with Gasteiger partial charge in [0.2, 0.25) is 0 Å². The Morgan fingerprint density at radius 2 is 2.43 bits per heavy atom. The average Bonchev–Trinajstić information content (AvgIpc) is 1.61. The second-order valence-corrected chi connectivity index (χ2v) is 1.50. The Labute approximate surface area is 43.8 Å². The predicted octanol–water partition coefficient (Wildman–Crippen LogP) is 0.364. The van der Waals surface area contributed by atoms with Crippen molar-refractivity contribution in [2.75, 3.05) is 0 Å². The molecular weight excluding hydrogens is 90.9 g/mol. The maximum absolute atomic E-state index is 9.76. The van der Waals surface area contributed by atoms with Crippen LogP contribution in [0.4, 0.5) is 0 Å². The van der Waals surface area contributed by atoms with Gasteiger partial charge in [0.15, 0.2) is 0 Å². The van der Waals surface area contributed by atoms with Gasteiger partial charge in [0.25, 0.3) is 5.97 Å². The molecule has 3 heteroatoms. The molecule has 40 valence electrons. The molecule has 0 aromatic heterocycles. The molecule has 0 aromatic carbocycles. The monoisotopic (exact) mass is 100 g/mol. The normalized spacial score (nSPS) is 8.14. The van der Waals surface area contributed by atoms with E-state index in [1.807, 2.05) is 6.92 Å². The molecular formula is C4H9BO2. The van der Waals surface area contributed by atoms with E-state index in [9.17, 15) is 4.79 Å². The summed E-state index contributed by atoms with van der Waals surface area (Å²) in [6.45, 7) is 1.98. The van der Waals surface area contributed by atoms with Crippen molar-refractivity contribution in [1.82, 2.24) is 0 Å². The van der Waals surface area contributed by atoms with Crippen molar-refractivity contribution in [2.45, 2.75) is 19.6 Å². The molecule has 0 amide bonds. The fourth-order valence-electron chi connectivity index (χ4n) is 0.328. The summed E-state index contributed by atoms with van der Waals surface area (Å²) < 4.78 is 0. The predicted molar refractivity (Wildman–Crippen MR) is 30.1 cm³/mol. The summed E-state index contributed by atoms with van der Waals surface area (Å²) in [5.41, 5.74) is 0. The molecule has 0 aliphatic heterocycles. The lowest BCUT2D eigenvalue weighted by molar-refractivity contribution is -0.134. The topological polar surface area (TPSA) is 37.3 Å². The lowest BCUT2D eigenvalue weighted by atomic mass is 9.72. The van der Waals surface area contributed by atoms with E-state index in [1.54, 1.807) is 0 Å². The van der Waals surface area contributed by atoms with Gasteiger partial charge in [-0.1, -0.05) is 13.2 Å². The van der Waals surface area contributed by atoms with Crippen LogP contribution >= 0.6 is 0 Å². The minimum atomic E-state index is -0.693. The second kappa shape index (κ2) is 3.72. The van der Waals surface area contributed by atoms with Crippen LogP contribution in [0, 0.1) is 0 Å². The fraction of sp³-hybridized carbons (Fsp3) is 0.750. The van der Waals surface area contributed by atoms with Gasteiger partial charge in [-0.15, -0.1) is 0 Å². The summed E-state index contributed by atoms with van der Waals surface area (Å²) in [4.78, 5) is 9.76. The smallest absolute Gasteiger partial charge is 0.295 e. The van der Waals surface area contributed by atoms with E-state index in [0.29, 0.717) is 6.32 Å². The van der Waals surface area contributed by atoms with Crippen LogP contribution in [0.1, 0.15) is 6.92 Å². The molecule has 0 aliphatic carbocycles. The molecule has 0 heterocycles. The molecule has 0 spiro atoms. The van der Waals surface area contributed by atoms with Gasteiger partial charge in [0, 0.05) is 6.32 Å². The van der Waals surface area contributed by atoms with Crippen molar-refractivity contribution in [3.8, 4) is 0 Å². The van der Waals surface area contributed by atoms with Crippen LogP contribution in [0.3, 0.4) is 0 Å². The number of carbonyl (C=O) groups is 1. The van der Waals surface area contributed by atoms with Crippen LogP contribution in [0.15, 0.2) is 0 Å². The average molecular weight is 99.9 g/mol. The van der Waals surface area contributed by atoms with Crippen LogP contribution in [-0.2, 0) is 4.79 Å². The second-order valence-electron chi connectivity index (χ2n) is 1.50. The lowest BCUT2D eigenvalue weighted by Gasteiger charge is -1.83. The number of rotatable bonds is 3. The molecule has 0 radical (unpaired) electrons. The number of hydrogen-bond donors (Lipinski definition) is 1. The molecule has 0 rings (SSSR count).